The number of hydrogen-bond acceptors (Lipinski definition) is 6. The van der Waals surface area contributed by atoms with E-state index in [4.69, 9.17) is 9.26 Å². The highest BCUT2D eigenvalue weighted by molar-refractivity contribution is 6.04. The van der Waals surface area contributed by atoms with Gasteiger partial charge in [0.05, 0.1) is 7.11 Å². The minimum Gasteiger partial charge on any atom is -0.496 e. The number of rotatable bonds is 6. The maximum absolute atomic E-state index is 13.1. The number of aryl methyl sites for hydroxylation is 2. The molecule has 2 aromatic heterocycles. The number of anilines is 1. The van der Waals surface area contributed by atoms with Gasteiger partial charge >= 0.3 is 0 Å². The molecule has 5 aromatic rings. The van der Waals surface area contributed by atoms with E-state index in [9.17, 15) is 4.79 Å². The number of methoxy groups -OCH3 is 1. The standard InChI is InChI=1S/C28H25N5O3/c1-16-8-5-6-11-21(16)24-17(2)22(12-13-23(24)35-4)27-30-18(3)25(32-27)28(34)31-20-10-7-9-19(14-20)26-29-15-36-33-26/h5-15H,1-4H3,(H,30,32)(H,31,34). The van der Waals surface area contributed by atoms with Crippen molar-refractivity contribution < 1.29 is 14.1 Å². The normalized spacial score (nSPS) is 10.9. The number of imidazole rings is 1. The minimum atomic E-state index is -0.314. The number of carbonyl (C=O) groups is 1. The van der Waals surface area contributed by atoms with Gasteiger partial charge in [0.2, 0.25) is 12.2 Å². The maximum atomic E-state index is 13.1. The van der Waals surface area contributed by atoms with E-state index >= 15 is 0 Å². The summed E-state index contributed by atoms with van der Waals surface area (Å²) in [6, 6.07) is 19.3. The molecule has 0 aliphatic heterocycles. The van der Waals surface area contributed by atoms with Crippen molar-refractivity contribution >= 4 is 11.6 Å². The molecule has 1 amide bonds. The number of hydrogen-bond donors (Lipinski definition) is 2. The van der Waals surface area contributed by atoms with Crippen LogP contribution >= 0.6 is 0 Å². The predicted molar refractivity (Wildman–Crippen MR) is 138 cm³/mol. The SMILES string of the molecule is COc1ccc(-c2nc(C(=O)Nc3cccc(-c4ncon4)c3)c(C)[nH]2)c(C)c1-c1ccccc1C. The van der Waals surface area contributed by atoms with E-state index < -0.39 is 0 Å². The smallest absolute Gasteiger partial charge is 0.276 e. The summed E-state index contributed by atoms with van der Waals surface area (Å²) in [4.78, 5) is 25.1. The van der Waals surface area contributed by atoms with Crippen LogP contribution in [-0.4, -0.2) is 33.1 Å². The molecule has 0 spiro atoms. The average Bonchev–Trinajstić information content (AvgIpc) is 3.55. The number of nitrogens with one attached hydrogen (secondary N) is 2. The first-order valence-corrected chi connectivity index (χ1v) is 11.4. The van der Waals surface area contributed by atoms with Gasteiger partial charge in [0.1, 0.15) is 17.3 Å². The van der Waals surface area contributed by atoms with Crippen LogP contribution in [0.2, 0.25) is 0 Å². The topological polar surface area (TPSA) is 106 Å². The van der Waals surface area contributed by atoms with Crippen LogP contribution in [0, 0.1) is 20.8 Å². The predicted octanol–water partition coefficient (Wildman–Crippen LogP) is 5.98. The van der Waals surface area contributed by atoms with Crippen LogP contribution in [0.25, 0.3) is 33.9 Å². The molecule has 0 unspecified atom stereocenters. The molecule has 8 nitrogen and oxygen atoms in total. The third-order valence-corrected chi connectivity index (χ3v) is 6.16. The average molecular weight is 480 g/mol. The summed E-state index contributed by atoms with van der Waals surface area (Å²) in [6.07, 6.45) is 1.26. The highest BCUT2D eigenvalue weighted by Gasteiger charge is 2.20. The van der Waals surface area contributed by atoms with Crippen LogP contribution in [0.1, 0.15) is 27.3 Å². The Balaban J connectivity index is 1.48. The summed E-state index contributed by atoms with van der Waals surface area (Å²) < 4.78 is 10.5. The molecule has 3 aromatic carbocycles. The number of amides is 1. The van der Waals surface area contributed by atoms with E-state index in [-0.39, 0.29) is 5.91 Å². The Bertz CT molecular complexity index is 1550. The fraction of sp³-hybridized carbons (Fsp3) is 0.143. The highest BCUT2D eigenvalue weighted by Crippen LogP contribution is 2.39. The lowest BCUT2D eigenvalue weighted by atomic mass is 9.92. The van der Waals surface area contributed by atoms with Crippen molar-refractivity contribution in [3.8, 4) is 39.7 Å². The monoisotopic (exact) mass is 479 g/mol. The van der Waals surface area contributed by atoms with E-state index in [2.05, 4.69) is 44.5 Å². The molecule has 0 bridgehead atoms. The summed E-state index contributed by atoms with van der Waals surface area (Å²) in [5.74, 6) is 1.54. The van der Waals surface area contributed by atoms with Crippen molar-refractivity contribution in [2.75, 3.05) is 12.4 Å². The van der Waals surface area contributed by atoms with Crippen molar-refractivity contribution in [3.05, 3.63) is 89.6 Å². The Hall–Kier alpha value is -4.72. The van der Waals surface area contributed by atoms with E-state index in [1.807, 2.05) is 50.2 Å². The first-order valence-electron chi connectivity index (χ1n) is 11.4. The lowest BCUT2D eigenvalue weighted by Gasteiger charge is -2.16. The molecule has 2 heterocycles. The van der Waals surface area contributed by atoms with Crippen LogP contribution < -0.4 is 10.1 Å². The van der Waals surface area contributed by atoms with E-state index in [1.54, 1.807) is 19.2 Å². The molecule has 2 N–H and O–H groups in total. The van der Waals surface area contributed by atoms with Gasteiger partial charge in [-0.15, -0.1) is 0 Å². The van der Waals surface area contributed by atoms with E-state index in [0.717, 1.165) is 39.1 Å². The van der Waals surface area contributed by atoms with Gasteiger partial charge in [-0.05, 0) is 61.7 Å². The van der Waals surface area contributed by atoms with Crippen molar-refractivity contribution in [2.45, 2.75) is 20.8 Å². The quantitative estimate of drug-likeness (QED) is 0.310. The number of carbonyl (C=O) groups excluding carboxylic acids is 1. The Morgan fingerprint density at radius 1 is 1.00 bits per heavy atom. The van der Waals surface area contributed by atoms with Gasteiger partial charge in [0.25, 0.3) is 5.91 Å². The van der Waals surface area contributed by atoms with E-state index in [0.29, 0.717) is 28.7 Å². The molecular weight excluding hydrogens is 454 g/mol. The zero-order chi connectivity index (χ0) is 25.2. The summed E-state index contributed by atoms with van der Waals surface area (Å²) in [5, 5.41) is 6.76. The molecule has 0 aliphatic rings. The Kier molecular flexibility index (Phi) is 6.08. The zero-order valence-electron chi connectivity index (χ0n) is 20.4. The van der Waals surface area contributed by atoms with Gasteiger partial charge in [0, 0.05) is 28.1 Å². The van der Waals surface area contributed by atoms with Crippen LogP contribution in [0.3, 0.4) is 0 Å². The third-order valence-electron chi connectivity index (χ3n) is 6.16. The number of aromatic amines is 1. The number of aromatic nitrogens is 4. The fourth-order valence-corrected chi connectivity index (χ4v) is 4.33. The van der Waals surface area contributed by atoms with Crippen molar-refractivity contribution in [3.63, 3.8) is 0 Å². The molecule has 0 radical (unpaired) electrons. The Labute approximate surface area is 208 Å². The van der Waals surface area contributed by atoms with Gasteiger partial charge in [-0.3, -0.25) is 4.79 Å². The lowest BCUT2D eigenvalue weighted by Crippen LogP contribution is -2.13. The molecule has 0 atom stereocenters. The van der Waals surface area contributed by atoms with Crippen LogP contribution in [0.5, 0.6) is 5.75 Å². The van der Waals surface area contributed by atoms with E-state index in [1.165, 1.54) is 6.39 Å². The van der Waals surface area contributed by atoms with Crippen LogP contribution in [0.15, 0.2) is 71.6 Å². The second-order valence-corrected chi connectivity index (χ2v) is 8.48. The summed E-state index contributed by atoms with van der Waals surface area (Å²) in [6.45, 7) is 5.96. The maximum Gasteiger partial charge on any atom is 0.276 e. The van der Waals surface area contributed by atoms with Gasteiger partial charge in [0.15, 0.2) is 0 Å². The number of ether oxygens (including phenoxy) is 1. The third kappa shape index (κ3) is 4.24. The first-order chi connectivity index (χ1) is 17.5. The van der Waals surface area contributed by atoms with Gasteiger partial charge in [-0.1, -0.05) is 41.6 Å². The highest BCUT2D eigenvalue weighted by atomic mass is 16.5. The number of nitrogens with zero attached hydrogens (tertiary/aromatic N) is 3. The van der Waals surface area contributed by atoms with Crippen molar-refractivity contribution in [2.24, 2.45) is 0 Å². The largest absolute Gasteiger partial charge is 0.496 e. The molecule has 8 heteroatoms. The molecular formula is C28H25N5O3. The summed E-state index contributed by atoms with van der Waals surface area (Å²) in [5.41, 5.74) is 7.49. The molecule has 0 saturated heterocycles. The molecule has 0 fully saturated rings. The minimum absolute atomic E-state index is 0.314. The molecule has 5 rings (SSSR count). The molecule has 180 valence electrons. The second-order valence-electron chi connectivity index (χ2n) is 8.48. The number of benzene rings is 3. The molecule has 0 saturated carbocycles. The first kappa shape index (κ1) is 23.0. The summed E-state index contributed by atoms with van der Waals surface area (Å²) in [7, 11) is 1.67. The van der Waals surface area contributed by atoms with Crippen LogP contribution in [0.4, 0.5) is 5.69 Å². The summed E-state index contributed by atoms with van der Waals surface area (Å²) >= 11 is 0. The molecule has 0 aliphatic carbocycles. The van der Waals surface area contributed by atoms with Crippen LogP contribution in [-0.2, 0) is 0 Å². The Morgan fingerprint density at radius 2 is 1.83 bits per heavy atom. The zero-order valence-corrected chi connectivity index (χ0v) is 20.4. The Morgan fingerprint density at radius 3 is 2.58 bits per heavy atom. The van der Waals surface area contributed by atoms with Crippen molar-refractivity contribution in [1.29, 1.82) is 0 Å². The molecule has 36 heavy (non-hydrogen) atoms. The van der Waals surface area contributed by atoms with Crippen molar-refractivity contribution in [1.82, 2.24) is 20.1 Å². The second kappa shape index (κ2) is 9.50. The number of H-pyrrole nitrogens is 1. The van der Waals surface area contributed by atoms with Gasteiger partial charge < -0.3 is 19.6 Å². The van der Waals surface area contributed by atoms with Gasteiger partial charge in [-0.25, -0.2) is 4.98 Å². The lowest BCUT2D eigenvalue weighted by molar-refractivity contribution is 0.102. The fourth-order valence-electron chi connectivity index (χ4n) is 4.33. The van der Waals surface area contributed by atoms with Gasteiger partial charge in [-0.2, -0.15) is 4.98 Å².